The van der Waals surface area contributed by atoms with Crippen LogP contribution in [0.15, 0.2) is 36.4 Å². The molecular weight excluding hydrogens is 304 g/mol. The second-order valence-electron chi connectivity index (χ2n) is 5.84. The minimum absolute atomic E-state index is 0.294. The van der Waals surface area contributed by atoms with Crippen molar-refractivity contribution in [3.05, 3.63) is 58.7 Å². The fraction of sp³-hybridized carbons (Fsp3) is 0.263. The number of carbonyl (C=O) groups excluding carboxylic acids is 2. The van der Waals surface area contributed by atoms with Gasteiger partial charge in [0.2, 0.25) is 5.91 Å². The van der Waals surface area contributed by atoms with Crippen LogP contribution < -0.4 is 15.8 Å². The zero-order valence-electron chi connectivity index (χ0n) is 14.3. The Morgan fingerprint density at radius 1 is 1.08 bits per heavy atom. The van der Waals surface area contributed by atoms with Crippen molar-refractivity contribution in [2.24, 2.45) is 5.73 Å². The highest BCUT2D eigenvalue weighted by molar-refractivity contribution is 5.99. The van der Waals surface area contributed by atoms with Gasteiger partial charge in [-0.2, -0.15) is 0 Å². The number of primary amides is 1. The monoisotopic (exact) mass is 326 g/mol. The van der Waals surface area contributed by atoms with Gasteiger partial charge in [0.15, 0.2) is 6.10 Å². The van der Waals surface area contributed by atoms with E-state index < -0.39 is 12.0 Å². The summed E-state index contributed by atoms with van der Waals surface area (Å²) >= 11 is 0. The highest BCUT2D eigenvalue weighted by Gasteiger charge is 2.17. The van der Waals surface area contributed by atoms with E-state index in [9.17, 15) is 9.59 Å². The Morgan fingerprint density at radius 3 is 2.42 bits per heavy atom. The lowest BCUT2D eigenvalue weighted by atomic mass is 10.1. The van der Waals surface area contributed by atoms with Crippen LogP contribution in [0.4, 0.5) is 5.69 Å². The average molecular weight is 326 g/mol. The third-order valence-electron chi connectivity index (χ3n) is 4.02. The van der Waals surface area contributed by atoms with Gasteiger partial charge in [-0.3, -0.25) is 9.59 Å². The maximum atomic E-state index is 12.3. The van der Waals surface area contributed by atoms with Gasteiger partial charge in [0.05, 0.1) is 0 Å². The van der Waals surface area contributed by atoms with Crippen LogP contribution in [0.5, 0.6) is 5.75 Å². The van der Waals surface area contributed by atoms with Crippen molar-refractivity contribution in [2.75, 3.05) is 5.32 Å². The molecule has 0 aromatic heterocycles. The summed E-state index contributed by atoms with van der Waals surface area (Å²) in [6, 6.07) is 10.7. The zero-order chi connectivity index (χ0) is 17.9. The van der Waals surface area contributed by atoms with Crippen molar-refractivity contribution in [3.8, 4) is 5.75 Å². The fourth-order valence-corrected chi connectivity index (χ4v) is 2.32. The largest absolute Gasteiger partial charge is 0.481 e. The summed E-state index contributed by atoms with van der Waals surface area (Å²) < 4.78 is 5.70. The SMILES string of the molecule is Cc1ccc(O[C@H](C)C(=O)Nc2cccc(C(N)=O)c2C)cc1C. The lowest BCUT2D eigenvalue weighted by Gasteiger charge is -2.17. The first-order valence-electron chi connectivity index (χ1n) is 7.73. The Labute approximate surface area is 141 Å². The standard InChI is InChI=1S/C19H22N2O3/c1-11-8-9-15(10-12(11)2)24-14(4)19(23)21-17-7-5-6-16(13(17)3)18(20)22/h5-10,14H,1-4H3,(H2,20,22)(H,21,23)/t14-/m1/s1. The number of aryl methyl sites for hydroxylation is 2. The van der Waals surface area contributed by atoms with Gasteiger partial charge in [-0.05, 0) is 68.7 Å². The van der Waals surface area contributed by atoms with Crippen LogP contribution >= 0.6 is 0 Å². The molecule has 0 bridgehead atoms. The van der Waals surface area contributed by atoms with E-state index in [1.54, 1.807) is 32.0 Å². The third-order valence-corrected chi connectivity index (χ3v) is 4.02. The predicted molar refractivity (Wildman–Crippen MR) is 94.3 cm³/mol. The van der Waals surface area contributed by atoms with E-state index in [4.69, 9.17) is 10.5 Å². The second-order valence-corrected chi connectivity index (χ2v) is 5.84. The Kier molecular flexibility index (Phi) is 5.24. The maximum Gasteiger partial charge on any atom is 0.265 e. The molecule has 0 spiro atoms. The van der Waals surface area contributed by atoms with Gasteiger partial charge >= 0.3 is 0 Å². The molecule has 126 valence electrons. The van der Waals surface area contributed by atoms with Crippen molar-refractivity contribution >= 4 is 17.5 Å². The van der Waals surface area contributed by atoms with E-state index in [0.29, 0.717) is 22.6 Å². The van der Waals surface area contributed by atoms with E-state index in [1.807, 2.05) is 32.0 Å². The summed E-state index contributed by atoms with van der Waals surface area (Å²) in [5.41, 5.74) is 9.16. The van der Waals surface area contributed by atoms with Crippen molar-refractivity contribution in [3.63, 3.8) is 0 Å². The van der Waals surface area contributed by atoms with E-state index >= 15 is 0 Å². The second kappa shape index (κ2) is 7.17. The molecule has 1 atom stereocenters. The lowest BCUT2D eigenvalue weighted by Crippen LogP contribution is -2.30. The molecule has 2 amide bonds. The number of ether oxygens (including phenoxy) is 1. The molecule has 0 fully saturated rings. The molecule has 0 aliphatic rings. The fourth-order valence-electron chi connectivity index (χ4n) is 2.32. The maximum absolute atomic E-state index is 12.3. The summed E-state index contributed by atoms with van der Waals surface area (Å²) in [7, 11) is 0. The average Bonchev–Trinajstić information content (AvgIpc) is 2.52. The van der Waals surface area contributed by atoms with Crippen molar-refractivity contribution in [1.82, 2.24) is 0 Å². The molecule has 5 nitrogen and oxygen atoms in total. The molecule has 0 saturated carbocycles. The van der Waals surface area contributed by atoms with Crippen LogP contribution in [0.2, 0.25) is 0 Å². The van der Waals surface area contributed by atoms with Crippen molar-refractivity contribution in [2.45, 2.75) is 33.8 Å². The molecular formula is C19H22N2O3. The number of nitrogens with one attached hydrogen (secondary N) is 1. The molecule has 2 aromatic carbocycles. The Balaban J connectivity index is 2.10. The molecule has 0 heterocycles. The summed E-state index contributed by atoms with van der Waals surface area (Å²) in [5, 5.41) is 2.78. The van der Waals surface area contributed by atoms with E-state index in [0.717, 1.165) is 5.56 Å². The van der Waals surface area contributed by atoms with Crippen LogP contribution in [0, 0.1) is 20.8 Å². The number of nitrogens with two attached hydrogens (primary N) is 1. The summed E-state index contributed by atoms with van der Waals surface area (Å²) in [5.74, 6) is -0.177. The number of hydrogen-bond acceptors (Lipinski definition) is 3. The molecule has 0 unspecified atom stereocenters. The molecule has 0 aliphatic heterocycles. The molecule has 2 rings (SSSR count). The number of benzene rings is 2. The quantitative estimate of drug-likeness (QED) is 0.886. The highest BCUT2D eigenvalue weighted by atomic mass is 16.5. The topological polar surface area (TPSA) is 81.4 Å². The van der Waals surface area contributed by atoms with E-state index in [1.165, 1.54) is 5.56 Å². The van der Waals surface area contributed by atoms with Crippen molar-refractivity contribution < 1.29 is 14.3 Å². The van der Waals surface area contributed by atoms with Gasteiger partial charge in [-0.1, -0.05) is 12.1 Å². The van der Waals surface area contributed by atoms with Gasteiger partial charge < -0.3 is 15.8 Å². The lowest BCUT2D eigenvalue weighted by molar-refractivity contribution is -0.122. The number of amides is 2. The number of hydrogen-bond donors (Lipinski definition) is 2. The number of rotatable bonds is 5. The normalized spacial score (nSPS) is 11.7. The minimum Gasteiger partial charge on any atom is -0.481 e. The van der Waals surface area contributed by atoms with Gasteiger partial charge in [0, 0.05) is 11.3 Å². The summed E-state index contributed by atoms with van der Waals surface area (Å²) in [6.07, 6.45) is -0.677. The molecule has 3 N–H and O–H groups in total. The van der Waals surface area contributed by atoms with Crippen LogP contribution in [0.25, 0.3) is 0 Å². The molecule has 2 aromatic rings. The summed E-state index contributed by atoms with van der Waals surface area (Å²) in [4.78, 5) is 23.7. The number of carbonyl (C=O) groups is 2. The van der Waals surface area contributed by atoms with Crippen LogP contribution in [0.1, 0.15) is 34.0 Å². The first-order valence-corrected chi connectivity index (χ1v) is 7.73. The highest BCUT2D eigenvalue weighted by Crippen LogP contribution is 2.21. The minimum atomic E-state index is -0.677. The van der Waals surface area contributed by atoms with Crippen LogP contribution in [0.3, 0.4) is 0 Å². The van der Waals surface area contributed by atoms with Crippen LogP contribution in [-0.4, -0.2) is 17.9 Å². The number of anilines is 1. The molecule has 0 saturated heterocycles. The van der Waals surface area contributed by atoms with Crippen LogP contribution in [-0.2, 0) is 4.79 Å². The molecule has 0 aliphatic carbocycles. The third kappa shape index (κ3) is 3.93. The summed E-state index contributed by atoms with van der Waals surface area (Å²) in [6.45, 7) is 7.43. The first kappa shape index (κ1) is 17.5. The molecule has 24 heavy (non-hydrogen) atoms. The Morgan fingerprint density at radius 2 is 1.79 bits per heavy atom. The zero-order valence-corrected chi connectivity index (χ0v) is 14.3. The molecule has 5 heteroatoms. The van der Waals surface area contributed by atoms with Crippen molar-refractivity contribution in [1.29, 1.82) is 0 Å². The van der Waals surface area contributed by atoms with Gasteiger partial charge in [0.1, 0.15) is 5.75 Å². The molecule has 0 radical (unpaired) electrons. The smallest absolute Gasteiger partial charge is 0.265 e. The van der Waals surface area contributed by atoms with Gasteiger partial charge in [-0.25, -0.2) is 0 Å². The first-order chi connectivity index (χ1) is 11.3. The van der Waals surface area contributed by atoms with E-state index in [2.05, 4.69) is 5.32 Å². The Hall–Kier alpha value is -2.82. The predicted octanol–water partition coefficient (Wildman–Crippen LogP) is 3.12. The Bertz CT molecular complexity index is 784. The van der Waals surface area contributed by atoms with Gasteiger partial charge in [-0.15, -0.1) is 0 Å². The van der Waals surface area contributed by atoms with E-state index in [-0.39, 0.29) is 5.91 Å². The van der Waals surface area contributed by atoms with Gasteiger partial charge in [0.25, 0.3) is 5.91 Å².